The molecule has 1 saturated heterocycles. The lowest BCUT2D eigenvalue weighted by Crippen LogP contribution is -2.45. The molecule has 1 aliphatic heterocycles. The minimum Gasteiger partial charge on any atom is -0.487 e. The van der Waals surface area contributed by atoms with E-state index in [1.54, 1.807) is 12.4 Å². The van der Waals surface area contributed by atoms with Crippen LogP contribution in [0.15, 0.2) is 54.9 Å². The molecule has 9 nitrogen and oxygen atoms in total. The van der Waals surface area contributed by atoms with Gasteiger partial charge in [-0.2, -0.15) is 9.51 Å². The average molecular weight is 456 g/mol. The minimum atomic E-state index is -0.743. The fraction of sp³-hybridized carbons (Fsp3) is 0.318. The van der Waals surface area contributed by atoms with Gasteiger partial charge >= 0.3 is 5.97 Å². The van der Waals surface area contributed by atoms with E-state index in [1.165, 1.54) is 12.2 Å². The molecule has 4 rings (SSSR count). The number of aliphatic carboxylic acids is 1. The Morgan fingerprint density at radius 3 is 2.97 bits per heavy atom. The summed E-state index contributed by atoms with van der Waals surface area (Å²) in [5, 5.41) is 18.1. The van der Waals surface area contributed by atoms with Gasteiger partial charge in [-0.25, -0.2) is 5.01 Å². The van der Waals surface area contributed by atoms with Gasteiger partial charge in [-0.05, 0) is 48.7 Å². The van der Waals surface area contributed by atoms with Crippen molar-refractivity contribution >= 4 is 18.2 Å². The summed E-state index contributed by atoms with van der Waals surface area (Å²) in [5.74, 6) is 0.289. The van der Waals surface area contributed by atoms with Crippen molar-refractivity contribution in [2.45, 2.75) is 19.4 Å². The third-order valence-electron chi connectivity index (χ3n) is 5.21. The Kier molecular flexibility index (Phi) is 7.25. The first-order chi connectivity index (χ1) is 15.6. The first-order valence-electron chi connectivity index (χ1n) is 10.3. The van der Waals surface area contributed by atoms with E-state index >= 15 is 0 Å². The number of hydrogen-bond donors (Lipinski definition) is 2. The number of aromatic nitrogens is 3. The number of hydrogen-bond acceptors (Lipinski definition) is 8. The van der Waals surface area contributed by atoms with E-state index in [0.29, 0.717) is 31.1 Å². The maximum atomic E-state index is 11.3. The monoisotopic (exact) mass is 455 g/mol. The third kappa shape index (κ3) is 5.78. The highest BCUT2D eigenvalue weighted by Gasteiger charge is 2.28. The first-order valence-corrected chi connectivity index (χ1v) is 11.0. The lowest BCUT2D eigenvalue weighted by molar-refractivity contribution is -0.145. The van der Waals surface area contributed by atoms with Crippen LogP contribution < -0.4 is 8.92 Å². The lowest BCUT2D eigenvalue weighted by atomic mass is 10.00. The Hall–Kier alpha value is -3.08. The molecule has 32 heavy (non-hydrogen) atoms. The van der Waals surface area contributed by atoms with Gasteiger partial charge in [-0.3, -0.25) is 14.9 Å². The van der Waals surface area contributed by atoms with Gasteiger partial charge in [0.05, 0.1) is 23.5 Å². The molecule has 0 radical (unpaired) electrons. The SMILES string of the molecule is CN(SOc1cccc(COc2ccc(-c3ccn[nH]3)nc2)c1)N1CCCC(C(=O)O)C1. The number of ether oxygens (including phenoxy) is 1. The third-order valence-corrected chi connectivity index (χ3v) is 5.92. The van der Waals surface area contributed by atoms with Gasteiger partial charge in [-0.15, -0.1) is 0 Å². The second kappa shape index (κ2) is 10.5. The zero-order valence-corrected chi connectivity index (χ0v) is 18.5. The highest BCUT2D eigenvalue weighted by Crippen LogP contribution is 2.25. The van der Waals surface area contributed by atoms with E-state index in [9.17, 15) is 9.90 Å². The van der Waals surface area contributed by atoms with Crippen LogP contribution in [-0.2, 0) is 11.4 Å². The molecule has 0 saturated carbocycles. The Balaban J connectivity index is 1.27. The second-order valence-electron chi connectivity index (χ2n) is 7.50. The maximum absolute atomic E-state index is 11.3. The van der Waals surface area contributed by atoms with E-state index in [4.69, 9.17) is 8.92 Å². The van der Waals surface area contributed by atoms with Crippen molar-refractivity contribution in [2.24, 2.45) is 5.92 Å². The predicted octanol–water partition coefficient (Wildman–Crippen LogP) is 3.64. The van der Waals surface area contributed by atoms with Crippen molar-refractivity contribution in [3.05, 3.63) is 60.4 Å². The molecular formula is C22H25N5O4S. The normalized spacial score (nSPS) is 16.8. The summed E-state index contributed by atoms with van der Waals surface area (Å²) < 4.78 is 13.5. The van der Waals surface area contributed by atoms with Crippen LogP contribution in [0.3, 0.4) is 0 Å². The Morgan fingerprint density at radius 2 is 2.22 bits per heavy atom. The molecule has 1 aromatic carbocycles. The standard InChI is InChI=1S/C22H25N5O4S/c1-26(27-11-3-5-17(14-27)22(28)29)32-31-18-6-2-4-16(12-18)15-30-19-7-8-20(23-13-19)21-9-10-24-25-21/h2,4,6-10,12-13,17H,3,5,11,14-15H2,1H3,(H,24,25)(H,28,29). The van der Waals surface area contributed by atoms with Crippen LogP contribution in [0, 0.1) is 5.92 Å². The van der Waals surface area contributed by atoms with Crippen LogP contribution in [-0.4, -0.2) is 55.8 Å². The largest absolute Gasteiger partial charge is 0.487 e. The fourth-order valence-corrected chi connectivity index (χ4v) is 3.98. The summed E-state index contributed by atoms with van der Waals surface area (Å²) in [6, 6.07) is 13.3. The van der Waals surface area contributed by atoms with E-state index in [-0.39, 0.29) is 5.92 Å². The van der Waals surface area contributed by atoms with Crippen molar-refractivity contribution in [1.29, 1.82) is 0 Å². The van der Waals surface area contributed by atoms with Crippen molar-refractivity contribution < 1.29 is 18.8 Å². The molecular weight excluding hydrogens is 430 g/mol. The van der Waals surface area contributed by atoms with E-state index in [1.807, 2.05) is 58.9 Å². The van der Waals surface area contributed by atoms with Gasteiger partial charge in [0.15, 0.2) is 12.2 Å². The summed E-state index contributed by atoms with van der Waals surface area (Å²) in [6.45, 7) is 1.69. The molecule has 1 aliphatic rings. The topological polar surface area (TPSA) is 104 Å². The van der Waals surface area contributed by atoms with Gasteiger partial charge < -0.3 is 14.0 Å². The van der Waals surface area contributed by atoms with Crippen molar-refractivity contribution in [3.63, 3.8) is 0 Å². The zero-order valence-electron chi connectivity index (χ0n) is 17.7. The molecule has 2 aromatic heterocycles. The van der Waals surface area contributed by atoms with Gasteiger partial charge in [0.1, 0.15) is 18.1 Å². The molecule has 1 atom stereocenters. The van der Waals surface area contributed by atoms with E-state index in [0.717, 1.165) is 29.9 Å². The highest BCUT2D eigenvalue weighted by atomic mass is 32.2. The quantitative estimate of drug-likeness (QED) is 0.370. The molecule has 1 fully saturated rings. The minimum absolute atomic E-state index is 0.338. The number of hydrazine groups is 1. The average Bonchev–Trinajstić information content (AvgIpc) is 3.37. The summed E-state index contributed by atoms with van der Waals surface area (Å²) in [4.78, 5) is 15.7. The number of piperidine rings is 1. The summed E-state index contributed by atoms with van der Waals surface area (Å²) in [7, 11) is 1.88. The smallest absolute Gasteiger partial charge is 0.307 e. The number of benzene rings is 1. The van der Waals surface area contributed by atoms with Crippen molar-refractivity contribution in [3.8, 4) is 22.9 Å². The fourth-order valence-electron chi connectivity index (χ4n) is 3.44. The number of rotatable bonds is 9. The molecule has 0 amide bonds. The Morgan fingerprint density at radius 1 is 1.31 bits per heavy atom. The molecule has 3 heterocycles. The number of carboxylic acids is 1. The van der Waals surface area contributed by atoms with Crippen LogP contribution in [0.5, 0.6) is 11.5 Å². The predicted molar refractivity (Wildman–Crippen MR) is 121 cm³/mol. The van der Waals surface area contributed by atoms with Crippen LogP contribution in [0.1, 0.15) is 18.4 Å². The number of H-pyrrole nitrogens is 1. The Labute approximate surface area is 190 Å². The molecule has 0 spiro atoms. The first kappa shape index (κ1) is 22.1. The van der Waals surface area contributed by atoms with Crippen LogP contribution >= 0.6 is 12.2 Å². The van der Waals surface area contributed by atoms with Crippen molar-refractivity contribution in [1.82, 2.24) is 24.6 Å². The summed E-state index contributed by atoms with van der Waals surface area (Å²) in [6.07, 6.45) is 4.94. The van der Waals surface area contributed by atoms with Crippen LogP contribution in [0.4, 0.5) is 0 Å². The molecule has 0 bridgehead atoms. The van der Waals surface area contributed by atoms with E-state index < -0.39 is 5.97 Å². The number of carbonyl (C=O) groups is 1. The molecule has 2 N–H and O–H groups in total. The molecule has 3 aromatic rings. The van der Waals surface area contributed by atoms with Gasteiger partial charge in [-0.1, -0.05) is 12.1 Å². The lowest BCUT2D eigenvalue weighted by Gasteiger charge is -2.35. The van der Waals surface area contributed by atoms with Crippen LogP contribution in [0.2, 0.25) is 0 Å². The summed E-state index contributed by atoms with van der Waals surface area (Å²) in [5.41, 5.74) is 2.62. The van der Waals surface area contributed by atoms with Crippen molar-refractivity contribution in [2.75, 3.05) is 20.1 Å². The maximum Gasteiger partial charge on any atom is 0.307 e. The highest BCUT2D eigenvalue weighted by molar-refractivity contribution is 7.92. The van der Waals surface area contributed by atoms with E-state index in [2.05, 4.69) is 15.2 Å². The van der Waals surface area contributed by atoms with Gasteiger partial charge in [0, 0.05) is 26.3 Å². The summed E-state index contributed by atoms with van der Waals surface area (Å²) >= 11 is 1.18. The zero-order chi connectivity index (χ0) is 22.3. The molecule has 10 heteroatoms. The van der Waals surface area contributed by atoms with Gasteiger partial charge in [0.2, 0.25) is 0 Å². The number of carboxylic acid groups (broad SMARTS) is 1. The molecule has 0 aliphatic carbocycles. The number of aromatic amines is 1. The number of nitrogens with zero attached hydrogens (tertiary/aromatic N) is 4. The second-order valence-corrected chi connectivity index (χ2v) is 8.34. The van der Waals surface area contributed by atoms with Crippen LogP contribution in [0.25, 0.3) is 11.4 Å². The number of pyridine rings is 1. The molecule has 168 valence electrons. The Bertz CT molecular complexity index is 1020. The molecule has 1 unspecified atom stereocenters. The number of nitrogens with one attached hydrogen (secondary N) is 1. The van der Waals surface area contributed by atoms with Gasteiger partial charge in [0.25, 0.3) is 0 Å².